The van der Waals surface area contributed by atoms with Gasteiger partial charge in [0.25, 0.3) is 0 Å². The Balaban J connectivity index is 1.51. The van der Waals surface area contributed by atoms with Crippen molar-refractivity contribution in [1.29, 1.82) is 0 Å². The zero-order valence-corrected chi connectivity index (χ0v) is 27.5. The lowest BCUT2D eigenvalue weighted by molar-refractivity contribution is -0.283. The van der Waals surface area contributed by atoms with E-state index in [-0.39, 0.29) is 0 Å². The van der Waals surface area contributed by atoms with Crippen molar-refractivity contribution in [3.8, 4) is 80.1 Å². The molecule has 4 aromatic rings. The number of esters is 4. The van der Waals surface area contributed by atoms with Crippen LogP contribution in [-0.4, -0.2) is 128 Å². The van der Waals surface area contributed by atoms with Crippen molar-refractivity contribution < 1.29 is 109 Å². The van der Waals surface area contributed by atoms with Crippen molar-refractivity contribution in [3.05, 3.63) is 58.7 Å². The molecule has 4 aromatic carbocycles. The van der Waals surface area contributed by atoms with Gasteiger partial charge in [0, 0.05) is 11.1 Å². The SMILES string of the molecule is O=C(OC1OC2COC(=O)c3cc(O)c(O)c(O)c3-c3c(cc(O)c(O)c3O)C(=O)OC(C1O)C2OC(=O)c1cc(O)c(O)c(O)c1)c1cc(O)c(O)c(O)c1. The fourth-order valence-electron chi connectivity index (χ4n) is 5.75. The highest BCUT2D eigenvalue weighted by Gasteiger charge is 2.53. The minimum Gasteiger partial charge on any atom is -0.504 e. The van der Waals surface area contributed by atoms with Crippen molar-refractivity contribution in [1.82, 2.24) is 0 Å². The largest absolute Gasteiger partial charge is 0.504 e. The van der Waals surface area contributed by atoms with Gasteiger partial charge in [0.1, 0.15) is 12.7 Å². The van der Waals surface area contributed by atoms with E-state index in [1.165, 1.54) is 0 Å². The van der Waals surface area contributed by atoms with Gasteiger partial charge in [-0.2, -0.15) is 0 Å². The quantitative estimate of drug-likeness (QED) is 0.0768. The number of ether oxygens (including phenoxy) is 5. The molecule has 294 valence electrons. The van der Waals surface area contributed by atoms with Crippen molar-refractivity contribution in [2.45, 2.75) is 30.7 Å². The molecule has 0 aliphatic carbocycles. The van der Waals surface area contributed by atoms with Gasteiger partial charge < -0.3 is 90.1 Å². The first-order valence-electron chi connectivity index (χ1n) is 15.5. The molecule has 22 heteroatoms. The predicted octanol–water partition coefficient (Wildman–Crippen LogP) is 0.685. The van der Waals surface area contributed by atoms with E-state index in [1.54, 1.807) is 0 Å². The summed E-state index contributed by atoms with van der Waals surface area (Å²) in [7, 11) is 0. The Labute approximate surface area is 309 Å². The monoisotopic (exact) mass is 786 g/mol. The van der Waals surface area contributed by atoms with Gasteiger partial charge in [0.2, 0.25) is 17.8 Å². The molecule has 1 fully saturated rings. The zero-order valence-electron chi connectivity index (χ0n) is 27.5. The summed E-state index contributed by atoms with van der Waals surface area (Å²) in [5.41, 5.74) is -5.32. The molecule has 13 N–H and O–H groups in total. The minimum atomic E-state index is -2.44. The summed E-state index contributed by atoms with van der Waals surface area (Å²) in [6.45, 7) is -1.14. The lowest BCUT2D eigenvalue weighted by Crippen LogP contribution is -2.62. The van der Waals surface area contributed by atoms with Crippen LogP contribution in [-0.2, 0) is 23.7 Å². The first-order chi connectivity index (χ1) is 26.3. The standard InChI is InChI=1S/C34H26O22/c35-12-1-8(2-13(36)21(12)41)30(48)54-28-18-7-52-32(50)10-5-16(39)23(43)25(45)19(10)20-11(6-17(40)24(44)26(20)46)33(51)55-29(28)27(47)34(53-18)56-31(49)9-3-14(37)22(42)15(38)4-9/h1-6,18,27-29,34-47H,7H2. The molecular weight excluding hydrogens is 760 g/mol. The number of carbonyl (C=O) groups excluding carboxylic acids is 4. The number of aliphatic hydroxyl groups excluding tert-OH is 1. The number of fused-ring (bicyclic) bond motifs is 5. The highest BCUT2D eigenvalue weighted by Crippen LogP contribution is 2.53. The number of carbonyl (C=O) groups is 4. The van der Waals surface area contributed by atoms with Gasteiger partial charge in [0.05, 0.1) is 22.3 Å². The van der Waals surface area contributed by atoms with Crippen molar-refractivity contribution in [2.75, 3.05) is 6.61 Å². The van der Waals surface area contributed by atoms with Crippen molar-refractivity contribution in [2.24, 2.45) is 0 Å². The number of cyclic esters (lactones) is 1. The molecule has 2 bridgehead atoms. The third kappa shape index (κ3) is 6.45. The Kier molecular flexibility index (Phi) is 9.45. The fraction of sp³-hybridized carbons (Fsp3) is 0.176. The molecular formula is C34H26O22. The molecule has 2 aliphatic rings. The fourth-order valence-corrected chi connectivity index (χ4v) is 5.75. The predicted molar refractivity (Wildman–Crippen MR) is 174 cm³/mol. The topological polar surface area (TPSA) is 377 Å². The number of aromatic hydroxyl groups is 12. The van der Waals surface area contributed by atoms with Crippen LogP contribution in [0.3, 0.4) is 0 Å². The van der Waals surface area contributed by atoms with Crippen LogP contribution >= 0.6 is 0 Å². The second-order valence-electron chi connectivity index (χ2n) is 12.0. The third-order valence-electron chi connectivity index (χ3n) is 8.51. The van der Waals surface area contributed by atoms with Gasteiger partial charge in [-0.1, -0.05) is 0 Å². The normalized spacial score (nSPS) is 20.6. The zero-order chi connectivity index (χ0) is 41.1. The number of rotatable bonds is 4. The van der Waals surface area contributed by atoms with Gasteiger partial charge in [-0.25, -0.2) is 19.2 Å². The number of hydrogen-bond acceptors (Lipinski definition) is 22. The van der Waals surface area contributed by atoms with Gasteiger partial charge >= 0.3 is 23.9 Å². The molecule has 5 unspecified atom stereocenters. The Hall–Kier alpha value is -7.72. The lowest BCUT2D eigenvalue weighted by Gasteiger charge is -2.42. The van der Waals surface area contributed by atoms with E-state index in [9.17, 15) is 85.6 Å². The molecule has 0 aromatic heterocycles. The summed E-state index contributed by atoms with van der Waals surface area (Å²) in [4.78, 5) is 54.1. The maximum atomic E-state index is 14.0. The Morgan fingerprint density at radius 1 is 0.554 bits per heavy atom. The van der Waals surface area contributed by atoms with E-state index in [4.69, 9.17) is 23.7 Å². The minimum absolute atomic E-state index is 0.435. The molecule has 5 atom stereocenters. The average Bonchev–Trinajstić information content (AvgIpc) is 3.14. The smallest absolute Gasteiger partial charge is 0.340 e. The number of aliphatic hydroxyl groups is 1. The Morgan fingerprint density at radius 2 is 0.964 bits per heavy atom. The van der Waals surface area contributed by atoms with E-state index in [0.717, 1.165) is 0 Å². The second kappa shape index (κ2) is 13.9. The van der Waals surface area contributed by atoms with E-state index in [2.05, 4.69) is 0 Å². The highest BCUT2D eigenvalue weighted by molar-refractivity contribution is 6.08. The van der Waals surface area contributed by atoms with Gasteiger partial charge in [0.15, 0.2) is 75.8 Å². The number of benzene rings is 4. The first kappa shape index (κ1) is 38.0. The van der Waals surface area contributed by atoms with E-state index in [1.807, 2.05) is 0 Å². The van der Waals surface area contributed by atoms with Gasteiger partial charge in [-0.15, -0.1) is 0 Å². The van der Waals surface area contributed by atoms with Crippen molar-refractivity contribution >= 4 is 23.9 Å². The summed E-state index contributed by atoms with van der Waals surface area (Å²) in [6, 6.07) is 3.45. The Bertz CT molecular complexity index is 2290. The molecule has 2 aliphatic heterocycles. The summed E-state index contributed by atoms with van der Waals surface area (Å²) in [5.74, 6) is -20.1. The van der Waals surface area contributed by atoms with Crippen LogP contribution < -0.4 is 0 Å². The van der Waals surface area contributed by atoms with Crippen LogP contribution in [0, 0.1) is 0 Å². The van der Waals surface area contributed by atoms with Crippen LogP contribution in [0.15, 0.2) is 36.4 Å². The third-order valence-corrected chi connectivity index (χ3v) is 8.51. The maximum absolute atomic E-state index is 14.0. The summed E-state index contributed by atoms with van der Waals surface area (Å²) in [6.07, 6.45) is -11.2. The number of phenolic OH excluding ortho intramolecular Hbond substituents is 12. The summed E-state index contributed by atoms with van der Waals surface area (Å²) in [5, 5.41) is 134. The Morgan fingerprint density at radius 3 is 1.43 bits per heavy atom. The number of phenols is 12. The van der Waals surface area contributed by atoms with Crippen LogP contribution in [0.5, 0.6) is 69.0 Å². The highest BCUT2D eigenvalue weighted by atomic mass is 16.7. The molecule has 56 heavy (non-hydrogen) atoms. The van der Waals surface area contributed by atoms with E-state index in [0.29, 0.717) is 36.4 Å². The van der Waals surface area contributed by atoms with Gasteiger partial charge in [-0.05, 0) is 36.4 Å². The maximum Gasteiger partial charge on any atom is 0.340 e. The lowest BCUT2D eigenvalue weighted by atomic mass is 9.91. The van der Waals surface area contributed by atoms with E-state index < -0.39 is 164 Å². The summed E-state index contributed by atoms with van der Waals surface area (Å²) < 4.78 is 27.0. The molecule has 0 radical (unpaired) electrons. The van der Waals surface area contributed by atoms with Crippen LogP contribution in [0.25, 0.3) is 11.1 Å². The summed E-state index contributed by atoms with van der Waals surface area (Å²) >= 11 is 0. The van der Waals surface area contributed by atoms with Gasteiger partial charge in [-0.3, -0.25) is 0 Å². The van der Waals surface area contributed by atoms with Crippen molar-refractivity contribution in [3.63, 3.8) is 0 Å². The molecule has 6 rings (SSSR count). The van der Waals surface area contributed by atoms with Crippen LogP contribution in [0.2, 0.25) is 0 Å². The molecule has 22 nitrogen and oxygen atoms in total. The molecule has 0 saturated carbocycles. The average molecular weight is 787 g/mol. The number of hydrogen-bond donors (Lipinski definition) is 13. The van der Waals surface area contributed by atoms with Crippen LogP contribution in [0.4, 0.5) is 0 Å². The van der Waals surface area contributed by atoms with Crippen LogP contribution in [0.1, 0.15) is 41.4 Å². The molecule has 1 saturated heterocycles. The first-order valence-corrected chi connectivity index (χ1v) is 15.5. The second-order valence-corrected chi connectivity index (χ2v) is 12.0. The van der Waals surface area contributed by atoms with E-state index >= 15 is 0 Å². The molecule has 0 spiro atoms. The molecule has 0 amide bonds. The molecule has 2 heterocycles.